The zero-order valence-electron chi connectivity index (χ0n) is 11.4. The number of rotatable bonds is 2. The number of aromatic nitrogens is 2. The summed E-state index contributed by atoms with van der Waals surface area (Å²) < 4.78 is 1.62. The van der Waals surface area contributed by atoms with Gasteiger partial charge < -0.3 is 4.98 Å². The summed E-state index contributed by atoms with van der Waals surface area (Å²) in [6.45, 7) is 2.09. The van der Waals surface area contributed by atoms with Gasteiger partial charge in [0.25, 0.3) is 0 Å². The Morgan fingerprint density at radius 3 is 2.50 bits per heavy atom. The quantitative estimate of drug-likeness (QED) is 0.722. The standard InChI is InChI=1S/C16H17BrN2S/c1-10-6-8-12(9-7-10)15-18-14(11-4-2-3-5-11)13(17)16(20)19-15/h6-9,11H,2-5H2,1H3,(H,18,19,20). The van der Waals surface area contributed by atoms with E-state index in [0.29, 0.717) is 10.6 Å². The lowest BCUT2D eigenvalue weighted by Crippen LogP contribution is -2.02. The Morgan fingerprint density at radius 2 is 1.85 bits per heavy atom. The van der Waals surface area contributed by atoms with Gasteiger partial charge in [-0.05, 0) is 35.7 Å². The van der Waals surface area contributed by atoms with Gasteiger partial charge in [0.2, 0.25) is 0 Å². The van der Waals surface area contributed by atoms with Gasteiger partial charge >= 0.3 is 0 Å². The second-order valence-corrected chi connectivity index (χ2v) is 6.65. The van der Waals surface area contributed by atoms with Gasteiger partial charge in [0, 0.05) is 17.2 Å². The number of nitrogens with zero attached hydrogens (tertiary/aromatic N) is 1. The van der Waals surface area contributed by atoms with Crippen LogP contribution in [0.5, 0.6) is 0 Å². The number of aromatic amines is 1. The smallest absolute Gasteiger partial charge is 0.144 e. The maximum Gasteiger partial charge on any atom is 0.144 e. The second-order valence-electron chi connectivity index (χ2n) is 5.47. The minimum Gasteiger partial charge on any atom is -0.342 e. The van der Waals surface area contributed by atoms with E-state index in [1.807, 2.05) is 0 Å². The Labute approximate surface area is 132 Å². The summed E-state index contributed by atoms with van der Waals surface area (Å²) in [6, 6.07) is 8.39. The molecular formula is C16H17BrN2S. The molecule has 0 atom stereocenters. The van der Waals surface area contributed by atoms with E-state index in [0.717, 1.165) is 15.9 Å². The lowest BCUT2D eigenvalue weighted by atomic mass is 10.0. The molecule has 1 aromatic carbocycles. The summed E-state index contributed by atoms with van der Waals surface area (Å²) in [5.74, 6) is 1.46. The van der Waals surface area contributed by atoms with Gasteiger partial charge in [-0.25, -0.2) is 4.98 Å². The van der Waals surface area contributed by atoms with Crippen molar-refractivity contribution in [3.05, 3.63) is 44.6 Å². The predicted molar refractivity (Wildman–Crippen MR) is 88.5 cm³/mol. The number of benzene rings is 1. The van der Waals surface area contributed by atoms with Gasteiger partial charge in [0.1, 0.15) is 10.5 Å². The minimum atomic E-state index is 0.582. The molecule has 20 heavy (non-hydrogen) atoms. The van der Waals surface area contributed by atoms with Crippen LogP contribution in [-0.4, -0.2) is 9.97 Å². The van der Waals surface area contributed by atoms with Crippen LogP contribution in [0.4, 0.5) is 0 Å². The topological polar surface area (TPSA) is 28.7 Å². The van der Waals surface area contributed by atoms with Crippen LogP contribution in [-0.2, 0) is 0 Å². The van der Waals surface area contributed by atoms with Crippen LogP contribution in [0.15, 0.2) is 28.7 Å². The Balaban J connectivity index is 2.08. The third-order valence-electron chi connectivity index (χ3n) is 3.98. The molecule has 1 aliphatic rings. The molecule has 1 saturated carbocycles. The van der Waals surface area contributed by atoms with Crippen LogP contribution >= 0.6 is 28.1 Å². The van der Waals surface area contributed by atoms with E-state index in [2.05, 4.69) is 57.1 Å². The summed E-state index contributed by atoms with van der Waals surface area (Å²) in [5.41, 5.74) is 3.56. The number of aryl methyl sites for hydroxylation is 1. The largest absolute Gasteiger partial charge is 0.342 e. The molecule has 104 valence electrons. The number of hydrogen-bond donors (Lipinski definition) is 1. The van der Waals surface area contributed by atoms with Crippen LogP contribution < -0.4 is 0 Å². The van der Waals surface area contributed by atoms with Gasteiger partial charge in [-0.3, -0.25) is 0 Å². The van der Waals surface area contributed by atoms with Crippen LogP contribution in [0, 0.1) is 11.6 Å². The number of nitrogens with one attached hydrogen (secondary N) is 1. The van der Waals surface area contributed by atoms with Crippen LogP contribution in [0.1, 0.15) is 42.9 Å². The zero-order valence-corrected chi connectivity index (χ0v) is 13.9. The van der Waals surface area contributed by atoms with Crippen molar-refractivity contribution in [3.8, 4) is 11.4 Å². The van der Waals surface area contributed by atoms with E-state index < -0.39 is 0 Å². The van der Waals surface area contributed by atoms with Gasteiger partial charge in [-0.1, -0.05) is 54.9 Å². The average molecular weight is 349 g/mol. The highest BCUT2D eigenvalue weighted by atomic mass is 79.9. The molecule has 0 bridgehead atoms. The van der Waals surface area contributed by atoms with Crippen molar-refractivity contribution in [2.24, 2.45) is 0 Å². The predicted octanol–water partition coefficient (Wildman–Crippen LogP) is 5.53. The number of halogens is 1. The second kappa shape index (κ2) is 5.78. The third kappa shape index (κ3) is 2.72. The molecule has 2 aromatic rings. The first kappa shape index (κ1) is 14.0. The summed E-state index contributed by atoms with van der Waals surface area (Å²) in [6.07, 6.45) is 5.09. The van der Waals surface area contributed by atoms with Crippen molar-refractivity contribution in [1.82, 2.24) is 9.97 Å². The van der Waals surface area contributed by atoms with Crippen molar-refractivity contribution in [2.75, 3.05) is 0 Å². The van der Waals surface area contributed by atoms with Gasteiger partial charge in [-0.15, -0.1) is 0 Å². The molecule has 0 radical (unpaired) electrons. The van der Waals surface area contributed by atoms with E-state index in [1.54, 1.807) is 0 Å². The fourth-order valence-corrected chi connectivity index (χ4v) is 3.53. The molecule has 0 spiro atoms. The van der Waals surface area contributed by atoms with Crippen LogP contribution in [0.3, 0.4) is 0 Å². The van der Waals surface area contributed by atoms with E-state index in [4.69, 9.17) is 12.2 Å². The molecule has 1 fully saturated rings. The molecule has 1 N–H and O–H groups in total. The van der Waals surface area contributed by atoms with Crippen LogP contribution in [0.25, 0.3) is 11.4 Å². The highest BCUT2D eigenvalue weighted by Gasteiger charge is 2.21. The summed E-state index contributed by atoms with van der Waals surface area (Å²) in [4.78, 5) is 8.02. The van der Waals surface area contributed by atoms with Crippen molar-refractivity contribution in [1.29, 1.82) is 0 Å². The SMILES string of the molecule is Cc1ccc(-c2nc(=S)c(Br)c(C3CCCC3)[nH]2)cc1. The Kier molecular flexibility index (Phi) is 4.03. The Morgan fingerprint density at radius 1 is 1.20 bits per heavy atom. The van der Waals surface area contributed by atoms with Crippen molar-refractivity contribution >= 4 is 28.1 Å². The molecule has 0 unspecified atom stereocenters. The third-order valence-corrected chi connectivity index (χ3v) is 5.34. The van der Waals surface area contributed by atoms with Gasteiger partial charge in [0.05, 0.1) is 4.47 Å². The van der Waals surface area contributed by atoms with E-state index >= 15 is 0 Å². The summed E-state index contributed by atoms with van der Waals surface area (Å²) in [7, 11) is 0. The normalized spacial score (nSPS) is 15.7. The molecule has 0 saturated heterocycles. The molecule has 0 aliphatic heterocycles. The molecule has 1 heterocycles. The molecular weight excluding hydrogens is 332 g/mol. The molecule has 0 amide bonds. The van der Waals surface area contributed by atoms with Crippen LogP contribution in [0.2, 0.25) is 0 Å². The summed E-state index contributed by atoms with van der Waals surface area (Å²) in [5, 5.41) is 0. The van der Waals surface area contributed by atoms with Gasteiger partial charge in [0.15, 0.2) is 0 Å². The Bertz CT molecular complexity index is 670. The molecule has 4 heteroatoms. The number of hydrogen-bond acceptors (Lipinski definition) is 2. The van der Waals surface area contributed by atoms with E-state index in [-0.39, 0.29) is 0 Å². The van der Waals surface area contributed by atoms with Crippen molar-refractivity contribution < 1.29 is 0 Å². The summed E-state index contributed by atoms with van der Waals surface area (Å²) >= 11 is 9.02. The monoisotopic (exact) mass is 348 g/mol. The fraction of sp³-hybridized carbons (Fsp3) is 0.375. The Hall–Kier alpha value is -1.00. The zero-order chi connectivity index (χ0) is 14.1. The molecule has 1 aliphatic carbocycles. The molecule has 3 rings (SSSR count). The number of H-pyrrole nitrogens is 1. The molecule has 2 nitrogen and oxygen atoms in total. The first-order valence-corrected chi connectivity index (χ1v) is 8.22. The average Bonchev–Trinajstić information content (AvgIpc) is 2.96. The maximum atomic E-state index is 5.41. The fourth-order valence-electron chi connectivity index (χ4n) is 2.82. The minimum absolute atomic E-state index is 0.582. The van der Waals surface area contributed by atoms with Crippen molar-refractivity contribution in [3.63, 3.8) is 0 Å². The lowest BCUT2D eigenvalue weighted by Gasteiger charge is -2.14. The first-order chi connectivity index (χ1) is 9.65. The maximum absolute atomic E-state index is 5.41. The van der Waals surface area contributed by atoms with Crippen molar-refractivity contribution in [2.45, 2.75) is 38.5 Å². The first-order valence-electron chi connectivity index (χ1n) is 7.02. The highest BCUT2D eigenvalue weighted by molar-refractivity contribution is 9.10. The van der Waals surface area contributed by atoms with Gasteiger partial charge in [-0.2, -0.15) is 0 Å². The van der Waals surface area contributed by atoms with E-state index in [9.17, 15) is 0 Å². The lowest BCUT2D eigenvalue weighted by molar-refractivity contribution is 0.690. The highest BCUT2D eigenvalue weighted by Crippen LogP contribution is 2.37. The molecule has 1 aromatic heterocycles. The van der Waals surface area contributed by atoms with E-state index in [1.165, 1.54) is 36.9 Å².